The van der Waals surface area contributed by atoms with E-state index in [4.69, 9.17) is 4.74 Å². The van der Waals surface area contributed by atoms with E-state index in [0.717, 1.165) is 33.5 Å². The second kappa shape index (κ2) is 4.20. The zero-order chi connectivity index (χ0) is 11.2. The van der Waals surface area contributed by atoms with Gasteiger partial charge in [-0.1, -0.05) is 17.7 Å². The Bertz CT molecular complexity index is 734. The fourth-order valence-electron chi connectivity index (χ4n) is 2.28. The molecular weight excluding hydrogens is 402 g/mol. The second-order valence-corrected chi connectivity index (χ2v) is 4.03. The van der Waals surface area contributed by atoms with Crippen LogP contribution in [0.3, 0.4) is 0 Å². The molecule has 0 fully saturated rings. The average Bonchev–Trinajstić information content (AvgIpc) is 2.39. The minimum absolute atomic E-state index is 0. The summed E-state index contributed by atoms with van der Waals surface area (Å²) in [6, 6.07) is 17.0. The molecule has 0 amide bonds. The normalized spacial score (nSPS) is 11.3. The quantitative estimate of drug-likeness (QED) is 0.412. The molecule has 0 N–H and O–H groups in total. The zero-order valence-electron chi connectivity index (χ0n) is 9.31. The molecular formula is C15H8IrNO-. The van der Waals surface area contributed by atoms with Gasteiger partial charge in [-0.05, 0) is 17.5 Å². The van der Waals surface area contributed by atoms with Gasteiger partial charge in [0.2, 0.25) is 0 Å². The molecule has 4 rings (SSSR count). The molecule has 0 saturated heterocycles. The molecule has 1 aliphatic heterocycles. The molecule has 2 aromatic carbocycles. The molecule has 2 heterocycles. The van der Waals surface area contributed by atoms with Crippen molar-refractivity contribution in [1.29, 1.82) is 0 Å². The van der Waals surface area contributed by atoms with Crippen LogP contribution < -0.4 is 4.74 Å². The molecule has 0 unspecified atom stereocenters. The minimum Gasteiger partial charge on any atom is -0.502 e. The van der Waals surface area contributed by atoms with Crippen LogP contribution in [-0.2, 0) is 20.1 Å². The van der Waals surface area contributed by atoms with Crippen molar-refractivity contribution in [2.45, 2.75) is 0 Å². The standard InChI is InChI=1S/C15H8NO.Ir/c1-2-6-12-11(5-1)15-14-10(8-9-16-15)4-3-7-13(14)17-12;/h1-4,6-9H;/q-1;. The van der Waals surface area contributed by atoms with Crippen LogP contribution in [0.5, 0.6) is 11.5 Å². The van der Waals surface area contributed by atoms with Crippen molar-refractivity contribution in [3.05, 3.63) is 54.7 Å². The van der Waals surface area contributed by atoms with Crippen LogP contribution in [0.2, 0.25) is 0 Å². The van der Waals surface area contributed by atoms with Gasteiger partial charge in [0.15, 0.2) is 0 Å². The largest absolute Gasteiger partial charge is 0.502 e. The average molecular weight is 410 g/mol. The molecule has 89 valence electrons. The fraction of sp³-hybridized carbons (Fsp3) is 0. The maximum atomic E-state index is 5.88. The van der Waals surface area contributed by atoms with Gasteiger partial charge in [-0.3, -0.25) is 0 Å². The summed E-state index contributed by atoms with van der Waals surface area (Å²) in [6.07, 6.45) is 1.83. The predicted octanol–water partition coefficient (Wildman–Crippen LogP) is 3.81. The third-order valence-corrected chi connectivity index (χ3v) is 3.03. The number of rotatable bonds is 0. The summed E-state index contributed by atoms with van der Waals surface area (Å²) in [7, 11) is 0. The number of hydrogen-bond acceptors (Lipinski definition) is 2. The van der Waals surface area contributed by atoms with Gasteiger partial charge in [0.25, 0.3) is 0 Å². The molecule has 0 bridgehead atoms. The zero-order valence-corrected chi connectivity index (χ0v) is 11.7. The van der Waals surface area contributed by atoms with Crippen LogP contribution in [0.1, 0.15) is 0 Å². The first-order chi connectivity index (χ1) is 8.43. The minimum atomic E-state index is 0. The van der Waals surface area contributed by atoms with Gasteiger partial charge in [0, 0.05) is 43.1 Å². The molecule has 3 aromatic rings. The number of nitrogens with zero attached hydrogens (tertiary/aromatic N) is 1. The van der Waals surface area contributed by atoms with Crippen LogP contribution in [-0.4, -0.2) is 4.98 Å². The third-order valence-electron chi connectivity index (χ3n) is 3.03. The van der Waals surface area contributed by atoms with E-state index in [0.29, 0.717) is 0 Å². The molecule has 3 heteroatoms. The summed E-state index contributed by atoms with van der Waals surface area (Å²) in [5, 5.41) is 2.22. The van der Waals surface area contributed by atoms with Gasteiger partial charge in [0.1, 0.15) is 5.75 Å². The van der Waals surface area contributed by atoms with Gasteiger partial charge >= 0.3 is 0 Å². The van der Waals surface area contributed by atoms with E-state index >= 15 is 0 Å². The Morgan fingerprint density at radius 1 is 1.00 bits per heavy atom. The van der Waals surface area contributed by atoms with Crippen LogP contribution >= 0.6 is 0 Å². The molecule has 1 aromatic heterocycles. The van der Waals surface area contributed by atoms with Gasteiger partial charge in [-0.2, -0.15) is 0 Å². The summed E-state index contributed by atoms with van der Waals surface area (Å²) in [6.45, 7) is 0. The molecule has 2 nitrogen and oxygen atoms in total. The van der Waals surface area contributed by atoms with Crippen molar-refractivity contribution in [3.8, 4) is 22.8 Å². The van der Waals surface area contributed by atoms with E-state index in [2.05, 4.69) is 17.1 Å². The Morgan fingerprint density at radius 2 is 1.89 bits per heavy atom. The van der Waals surface area contributed by atoms with Gasteiger partial charge in [-0.25, -0.2) is 0 Å². The summed E-state index contributed by atoms with van der Waals surface area (Å²) < 4.78 is 5.88. The number of pyridine rings is 1. The topological polar surface area (TPSA) is 22.1 Å². The number of benzene rings is 2. The van der Waals surface area contributed by atoms with Crippen molar-refractivity contribution in [2.24, 2.45) is 0 Å². The summed E-state index contributed by atoms with van der Waals surface area (Å²) in [4.78, 5) is 4.47. The predicted molar refractivity (Wildman–Crippen MR) is 66.1 cm³/mol. The van der Waals surface area contributed by atoms with Crippen molar-refractivity contribution < 1.29 is 24.8 Å². The second-order valence-electron chi connectivity index (χ2n) is 4.03. The fourth-order valence-corrected chi connectivity index (χ4v) is 2.28. The van der Waals surface area contributed by atoms with Crippen molar-refractivity contribution >= 4 is 10.8 Å². The monoisotopic (exact) mass is 411 g/mol. The summed E-state index contributed by atoms with van der Waals surface area (Å²) >= 11 is 0. The molecule has 0 aliphatic carbocycles. The van der Waals surface area contributed by atoms with E-state index in [1.54, 1.807) is 0 Å². The molecule has 18 heavy (non-hydrogen) atoms. The first kappa shape index (κ1) is 11.4. The Hall–Kier alpha value is -1.70. The van der Waals surface area contributed by atoms with E-state index in [1.165, 1.54) is 0 Å². The Morgan fingerprint density at radius 3 is 2.83 bits per heavy atom. The molecule has 0 saturated carbocycles. The van der Waals surface area contributed by atoms with Crippen molar-refractivity contribution in [2.75, 3.05) is 0 Å². The number of fused-ring (bicyclic) bond motifs is 2. The van der Waals surface area contributed by atoms with Gasteiger partial charge in [-0.15, -0.1) is 24.3 Å². The Kier molecular flexibility index (Phi) is 2.66. The van der Waals surface area contributed by atoms with E-state index in [1.807, 2.05) is 42.6 Å². The van der Waals surface area contributed by atoms with E-state index in [9.17, 15) is 0 Å². The summed E-state index contributed by atoms with van der Waals surface area (Å²) in [5.74, 6) is 1.70. The van der Waals surface area contributed by atoms with Crippen LogP contribution in [0, 0.1) is 6.07 Å². The summed E-state index contributed by atoms with van der Waals surface area (Å²) in [5.41, 5.74) is 1.90. The van der Waals surface area contributed by atoms with Crippen molar-refractivity contribution in [3.63, 3.8) is 0 Å². The first-order valence-electron chi connectivity index (χ1n) is 5.50. The van der Waals surface area contributed by atoms with E-state index < -0.39 is 0 Å². The number of ether oxygens (including phenoxy) is 1. The van der Waals surface area contributed by atoms with E-state index in [-0.39, 0.29) is 20.1 Å². The van der Waals surface area contributed by atoms with Crippen LogP contribution in [0.25, 0.3) is 22.0 Å². The molecule has 0 spiro atoms. The van der Waals surface area contributed by atoms with Crippen LogP contribution in [0.15, 0.2) is 48.7 Å². The smallest absolute Gasteiger partial charge is 0.115 e. The number of hydrogen-bond donors (Lipinski definition) is 0. The molecule has 1 aliphatic rings. The van der Waals surface area contributed by atoms with Crippen LogP contribution in [0.4, 0.5) is 0 Å². The van der Waals surface area contributed by atoms with Crippen molar-refractivity contribution in [1.82, 2.24) is 4.98 Å². The molecule has 1 radical (unpaired) electrons. The molecule has 0 atom stereocenters. The maximum absolute atomic E-state index is 5.88. The maximum Gasteiger partial charge on any atom is 0.115 e. The van der Waals surface area contributed by atoms with Gasteiger partial charge in [0.05, 0.1) is 0 Å². The first-order valence-corrected chi connectivity index (χ1v) is 5.50. The Labute approximate surface area is 118 Å². The Balaban J connectivity index is 0.000001000. The number of aromatic nitrogens is 1. The SMILES string of the molecule is [Ir].[c-]1cccc2c1-c1nccc3cccc(c13)O2. The third kappa shape index (κ3) is 1.48. The van der Waals surface area contributed by atoms with Gasteiger partial charge < -0.3 is 9.72 Å².